The molecule has 2 N–H and O–H groups in total. The summed E-state index contributed by atoms with van der Waals surface area (Å²) >= 11 is 5.92. The highest BCUT2D eigenvalue weighted by molar-refractivity contribution is 6.31. The van der Waals surface area contributed by atoms with Crippen molar-refractivity contribution in [2.45, 2.75) is 25.5 Å². The molecule has 7 heteroatoms. The summed E-state index contributed by atoms with van der Waals surface area (Å²) < 4.78 is 10.8. The molecule has 1 aliphatic rings. The van der Waals surface area contributed by atoms with E-state index >= 15 is 0 Å². The number of aromatic amines is 1. The van der Waals surface area contributed by atoms with Crippen molar-refractivity contribution in [2.75, 3.05) is 19.8 Å². The number of imidazole rings is 1. The number of rotatable bonds is 6. The van der Waals surface area contributed by atoms with Gasteiger partial charge in [-0.3, -0.25) is 4.79 Å². The number of halogens is 1. The number of H-pyrrole nitrogens is 1. The van der Waals surface area contributed by atoms with Crippen LogP contribution in [0.3, 0.4) is 0 Å². The van der Waals surface area contributed by atoms with Gasteiger partial charge in [-0.15, -0.1) is 0 Å². The van der Waals surface area contributed by atoms with Gasteiger partial charge in [0.15, 0.2) is 0 Å². The molecule has 2 heterocycles. The first kappa shape index (κ1) is 15.3. The highest BCUT2D eigenvalue weighted by Gasteiger charge is 2.16. The number of ether oxygens (including phenoxy) is 2. The molecular formula is C15H18ClN3O3. The van der Waals surface area contributed by atoms with Crippen LogP contribution in [0.15, 0.2) is 18.2 Å². The van der Waals surface area contributed by atoms with Gasteiger partial charge < -0.3 is 19.8 Å². The van der Waals surface area contributed by atoms with Crippen molar-refractivity contribution >= 4 is 28.5 Å². The Labute approximate surface area is 133 Å². The molecule has 6 nitrogen and oxygen atoms in total. The van der Waals surface area contributed by atoms with Crippen LogP contribution in [-0.2, 0) is 20.8 Å². The third kappa shape index (κ3) is 3.97. The predicted molar refractivity (Wildman–Crippen MR) is 82.7 cm³/mol. The molecule has 1 atom stereocenters. The van der Waals surface area contributed by atoms with E-state index in [9.17, 15) is 4.79 Å². The van der Waals surface area contributed by atoms with Crippen LogP contribution in [0.2, 0.25) is 5.02 Å². The highest BCUT2D eigenvalue weighted by atomic mass is 35.5. The normalized spacial score (nSPS) is 18.0. The molecule has 0 spiro atoms. The Balaban J connectivity index is 1.43. The molecule has 1 amide bonds. The van der Waals surface area contributed by atoms with Crippen LogP contribution in [0.1, 0.15) is 18.7 Å². The lowest BCUT2D eigenvalue weighted by molar-refractivity contribution is -0.127. The molecule has 0 saturated carbocycles. The second-order valence-corrected chi connectivity index (χ2v) is 5.71. The molecular weight excluding hydrogens is 306 g/mol. The van der Waals surface area contributed by atoms with Crippen LogP contribution >= 0.6 is 11.6 Å². The summed E-state index contributed by atoms with van der Waals surface area (Å²) in [7, 11) is 0. The number of nitrogens with one attached hydrogen (secondary N) is 2. The quantitative estimate of drug-likeness (QED) is 0.853. The van der Waals surface area contributed by atoms with E-state index in [1.807, 2.05) is 6.07 Å². The van der Waals surface area contributed by atoms with Crippen LogP contribution in [-0.4, -0.2) is 41.8 Å². The summed E-state index contributed by atoms with van der Waals surface area (Å²) in [4.78, 5) is 19.2. The number of benzene rings is 1. The maximum Gasteiger partial charge on any atom is 0.246 e. The number of carbonyl (C=O) groups excluding carboxylic acids is 1. The van der Waals surface area contributed by atoms with Gasteiger partial charge in [-0.2, -0.15) is 0 Å². The third-order valence-corrected chi connectivity index (χ3v) is 3.74. The average Bonchev–Trinajstić information content (AvgIpc) is 3.13. The van der Waals surface area contributed by atoms with Crippen LogP contribution in [0.4, 0.5) is 0 Å². The fraction of sp³-hybridized carbons (Fsp3) is 0.467. The molecule has 1 fully saturated rings. The van der Waals surface area contributed by atoms with Crippen molar-refractivity contribution in [3.8, 4) is 0 Å². The summed E-state index contributed by atoms with van der Waals surface area (Å²) in [6, 6.07) is 5.43. The van der Waals surface area contributed by atoms with Crippen molar-refractivity contribution in [2.24, 2.45) is 0 Å². The van der Waals surface area contributed by atoms with Gasteiger partial charge in [-0.05, 0) is 31.0 Å². The molecule has 1 saturated heterocycles. The molecule has 1 aromatic heterocycles. The van der Waals surface area contributed by atoms with Gasteiger partial charge in [0.05, 0.1) is 30.3 Å². The lowest BCUT2D eigenvalue weighted by Gasteiger charge is -2.09. The lowest BCUT2D eigenvalue weighted by Crippen LogP contribution is -2.29. The third-order valence-electron chi connectivity index (χ3n) is 3.51. The van der Waals surface area contributed by atoms with E-state index in [0.717, 1.165) is 30.5 Å². The standard InChI is InChI=1S/C15H18ClN3O3/c16-10-3-4-12-13(6-10)19-14(18-12)7-17-15(20)9-21-8-11-2-1-5-22-11/h3-4,6,11H,1-2,5,7-9H2,(H,17,20)(H,18,19)/t11-/m0/s1. The molecule has 2 aromatic rings. The van der Waals surface area contributed by atoms with Crippen LogP contribution in [0, 0.1) is 0 Å². The maximum absolute atomic E-state index is 11.7. The fourth-order valence-corrected chi connectivity index (χ4v) is 2.58. The number of amides is 1. The van der Waals surface area contributed by atoms with E-state index in [1.165, 1.54) is 0 Å². The van der Waals surface area contributed by atoms with Gasteiger partial charge >= 0.3 is 0 Å². The molecule has 0 bridgehead atoms. The van der Waals surface area contributed by atoms with E-state index in [2.05, 4.69) is 15.3 Å². The summed E-state index contributed by atoms with van der Waals surface area (Å²) in [5.74, 6) is 0.515. The highest BCUT2D eigenvalue weighted by Crippen LogP contribution is 2.17. The van der Waals surface area contributed by atoms with Gasteiger partial charge in [-0.25, -0.2) is 4.98 Å². The Morgan fingerprint density at radius 2 is 2.45 bits per heavy atom. The summed E-state index contributed by atoms with van der Waals surface area (Å²) in [6.07, 6.45) is 2.20. The van der Waals surface area contributed by atoms with Gasteiger partial charge in [0.2, 0.25) is 5.91 Å². The molecule has 118 valence electrons. The average molecular weight is 324 g/mol. The first-order valence-corrected chi connectivity index (χ1v) is 7.69. The fourth-order valence-electron chi connectivity index (χ4n) is 2.41. The smallest absolute Gasteiger partial charge is 0.246 e. The van der Waals surface area contributed by atoms with Crippen molar-refractivity contribution in [1.29, 1.82) is 0 Å². The Kier molecular flexibility index (Phi) is 4.92. The second-order valence-electron chi connectivity index (χ2n) is 5.27. The van der Waals surface area contributed by atoms with Crippen LogP contribution in [0.5, 0.6) is 0 Å². The minimum atomic E-state index is -0.170. The molecule has 0 aliphatic carbocycles. The van der Waals surface area contributed by atoms with Crippen molar-refractivity contribution in [1.82, 2.24) is 15.3 Å². The molecule has 0 radical (unpaired) electrons. The number of hydrogen-bond acceptors (Lipinski definition) is 4. The van der Waals surface area contributed by atoms with Gasteiger partial charge in [-0.1, -0.05) is 11.6 Å². The molecule has 22 heavy (non-hydrogen) atoms. The van der Waals surface area contributed by atoms with Gasteiger partial charge in [0.25, 0.3) is 0 Å². The molecule has 1 aromatic carbocycles. The number of aromatic nitrogens is 2. The monoisotopic (exact) mass is 323 g/mol. The second kappa shape index (κ2) is 7.09. The molecule has 0 unspecified atom stereocenters. The number of hydrogen-bond donors (Lipinski definition) is 2. The molecule has 3 rings (SSSR count). The largest absolute Gasteiger partial charge is 0.376 e. The lowest BCUT2D eigenvalue weighted by atomic mass is 10.2. The Hall–Kier alpha value is -1.63. The maximum atomic E-state index is 11.7. The minimum Gasteiger partial charge on any atom is -0.376 e. The topological polar surface area (TPSA) is 76.2 Å². The first-order valence-electron chi connectivity index (χ1n) is 7.31. The van der Waals surface area contributed by atoms with Crippen LogP contribution < -0.4 is 5.32 Å². The number of nitrogens with zero attached hydrogens (tertiary/aromatic N) is 1. The van der Waals surface area contributed by atoms with Crippen molar-refractivity contribution in [3.63, 3.8) is 0 Å². The van der Waals surface area contributed by atoms with Gasteiger partial charge in [0, 0.05) is 11.6 Å². The Morgan fingerprint density at radius 3 is 3.27 bits per heavy atom. The minimum absolute atomic E-state index is 0.0336. The predicted octanol–water partition coefficient (Wildman–Crippen LogP) is 2.03. The van der Waals surface area contributed by atoms with E-state index in [1.54, 1.807) is 12.1 Å². The SMILES string of the molecule is O=C(COC[C@@H]1CCCO1)NCc1nc2ccc(Cl)cc2[nH]1. The van der Waals surface area contributed by atoms with E-state index in [4.69, 9.17) is 21.1 Å². The summed E-state index contributed by atoms with van der Waals surface area (Å²) in [5.41, 5.74) is 1.68. The van der Waals surface area contributed by atoms with E-state index < -0.39 is 0 Å². The van der Waals surface area contributed by atoms with Crippen molar-refractivity contribution < 1.29 is 14.3 Å². The van der Waals surface area contributed by atoms with E-state index in [-0.39, 0.29) is 18.6 Å². The van der Waals surface area contributed by atoms with Gasteiger partial charge in [0.1, 0.15) is 12.4 Å². The summed E-state index contributed by atoms with van der Waals surface area (Å²) in [5, 5.41) is 3.42. The zero-order valence-corrected chi connectivity index (χ0v) is 12.9. The first-order chi connectivity index (χ1) is 10.7. The molecule has 1 aliphatic heterocycles. The zero-order valence-electron chi connectivity index (χ0n) is 12.1. The van der Waals surface area contributed by atoms with Crippen molar-refractivity contribution in [3.05, 3.63) is 29.0 Å². The van der Waals surface area contributed by atoms with Crippen LogP contribution in [0.25, 0.3) is 11.0 Å². The zero-order chi connectivity index (χ0) is 15.4. The Morgan fingerprint density at radius 1 is 1.55 bits per heavy atom. The number of fused-ring (bicyclic) bond motifs is 1. The number of carbonyl (C=O) groups is 1. The van der Waals surface area contributed by atoms with E-state index in [0.29, 0.717) is 24.0 Å². The summed E-state index contributed by atoms with van der Waals surface area (Å²) in [6.45, 7) is 1.62. The Bertz CT molecular complexity index is 653.